The molecule has 6 heteroatoms. The summed E-state index contributed by atoms with van der Waals surface area (Å²) in [6, 6.07) is 0. The second kappa shape index (κ2) is 4.21. The molecule has 0 bridgehead atoms. The minimum absolute atomic E-state index is 0.0978. The summed E-state index contributed by atoms with van der Waals surface area (Å²) in [6.07, 6.45) is 0.809. The van der Waals surface area contributed by atoms with Gasteiger partial charge in [-0.2, -0.15) is 4.98 Å². The third-order valence-corrected chi connectivity index (χ3v) is 1.86. The van der Waals surface area contributed by atoms with Crippen molar-refractivity contribution in [2.45, 2.75) is 12.5 Å². The summed E-state index contributed by atoms with van der Waals surface area (Å²) in [7, 11) is 1.55. The molecule has 78 valence electrons. The van der Waals surface area contributed by atoms with Crippen LogP contribution in [0.15, 0.2) is 11.0 Å². The van der Waals surface area contributed by atoms with Crippen LogP contribution in [0.5, 0.6) is 0 Å². The Kier molecular flexibility index (Phi) is 3.21. The Labute approximate surface area is 80.6 Å². The van der Waals surface area contributed by atoms with Crippen LogP contribution in [0.2, 0.25) is 0 Å². The molecule has 0 saturated carbocycles. The molecule has 0 aromatic carbocycles. The van der Waals surface area contributed by atoms with Crippen LogP contribution in [0.3, 0.4) is 0 Å². The zero-order chi connectivity index (χ0) is 10.7. The van der Waals surface area contributed by atoms with Crippen LogP contribution in [0.25, 0.3) is 0 Å². The van der Waals surface area contributed by atoms with E-state index in [9.17, 15) is 9.90 Å². The third kappa shape index (κ3) is 2.30. The van der Waals surface area contributed by atoms with E-state index >= 15 is 0 Å². The maximum atomic E-state index is 11.0. The Balaban J connectivity index is 2.98. The van der Waals surface area contributed by atoms with Gasteiger partial charge < -0.3 is 20.5 Å². The van der Waals surface area contributed by atoms with Crippen LogP contribution < -0.4 is 11.4 Å². The number of anilines is 1. The first-order valence-electron chi connectivity index (χ1n) is 4.15. The number of rotatable bonds is 3. The first kappa shape index (κ1) is 10.7. The molecule has 0 radical (unpaired) electrons. The van der Waals surface area contributed by atoms with Crippen LogP contribution in [0, 0.1) is 0 Å². The molecule has 1 aromatic heterocycles. The lowest BCUT2D eigenvalue weighted by atomic mass is 10.1. The SMILES string of the molecule is Cn1cc(CC(O)CO)c(N)nc1=O. The van der Waals surface area contributed by atoms with Crippen LogP contribution in [0.1, 0.15) is 5.56 Å². The van der Waals surface area contributed by atoms with Crippen molar-refractivity contribution in [1.82, 2.24) is 9.55 Å². The summed E-state index contributed by atoms with van der Waals surface area (Å²) in [5.41, 5.74) is 5.59. The summed E-state index contributed by atoms with van der Waals surface area (Å²) in [5, 5.41) is 17.8. The summed E-state index contributed by atoms with van der Waals surface area (Å²) >= 11 is 0. The number of hydrogen-bond donors (Lipinski definition) is 3. The molecule has 0 spiro atoms. The number of aromatic nitrogens is 2. The first-order valence-corrected chi connectivity index (χ1v) is 4.15. The molecule has 1 rings (SSSR count). The van der Waals surface area contributed by atoms with Crippen molar-refractivity contribution in [3.8, 4) is 0 Å². The standard InChI is InChI=1S/C8H13N3O3/c1-11-3-5(2-6(13)4-12)7(9)10-8(11)14/h3,6,12-13H,2,4H2,1H3,(H2,9,10,14). The quantitative estimate of drug-likeness (QED) is 0.536. The van der Waals surface area contributed by atoms with Gasteiger partial charge in [0.15, 0.2) is 0 Å². The van der Waals surface area contributed by atoms with Gasteiger partial charge in [-0.1, -0.05) is 0 Å². The molecule has 0 aliphatic heterocycles. The fraction of sp³-hybridized carbons (Fsp3) is 0.500. The lowest BCUT2D eigenvalue weighted by molar-refractivity contribution is 0.0954. The van der Waals surface area contributed by atoms with Gasteiger partial charge in [-0.15, -0.1) is 0 Å². The average Bonchev–Trinajstić information content (AvgIpc) is 2.14. The summed E-state index contributed by atoms with van der Waals surface area (Å²) in [6.45, 7) is -0.345. The second-order valence-electron chi connectivity index (χ2n) is 3.09. The van der Waals surface area contributed by atoms with Gasteiger partial charge in [0.25, 0.3) is 0 Å². The molecule has 0 fully saturated rings. The van der Waals surface area contributed by atoms with Crippen LogP contribution in [0.4, 0.5) is 5.82 Å². The number of hydrogen-bond acceptors (Lipinski definition) is 5. The Morgan fingerprint density at radius 2 is 2.36 bits per heavy atom. The second-order valence-corrected chi connectivity index (χ2v) is 3.09. The van der Waals surface area contributed by atoms with Crippen molar-refractivity contribution >= 4 is 5.82 Å². The van der Waals surface area contributed by atoms with Gasteiger partial charge >= 0.3 is 5.69 Å². The van der Waals surface area contributed by atoms with Crippen molar-refractivity contribution in [2.24, 2.45) is 7.05 Å². The van der Waals surface area contributed by atoms with E-state index in [0.717, 1.165) is 0 Å². The van der Waals surface area contributed by atoms with E-state index < -0.39 is 11.8 Å². The van der Waals surface area contributed by atoms with E-state index in [4.69, 9.17) is 10.8 Å². The molecule has 6 nitrogen and oxygen atoms in total. The van der Waals surface area contributed by atoms with E-state index in [-0.39, 0.29) is 18.8 Å². The van der Waals surface area contributed by atoms with E-state index in [1.54, 1.807) is 7.05 Å². The molecule has 0 aliphatic carbocycles. The smallest absolute Gasteiger partial charge is 0.349 e. The fourth-order valence-electron chi connectivity index (χ4n) is 1.08. The van der Waals surface area contributed by atoms with Crippen molar-refractivity contribution < 1.29 is 10.2 Å². The normalized spacial score (nSPS) is 12.8. The molecular formula is C8H13N3O3. The highest BCUT2D eigenvalue weighted by molar-refractivity contribution is 5.37. The maximum Gasteiger partial charge on any atom is 0.349 e. The predicted molar refractivity (Wildman–Crippen MR) is 50.7 cm³/mol. The lowest BCUT2D eigenvalue weighted by Crippen LogP contribution is -2.24. The molecule has 1 unspecified atom stereocenters. The minimum atomic E-state index is -0.878. The number of aryl methyl sites for hydroxylation is 1. The van der Waals surface area contributed by atoms with Crippen molar-refractivity contribution in [2.75, 3.05) is 12.3 Å². The molecule has 14 heavy (non-hydrogen) atoms. The maximum absolute atomic E-state index is 11.0. The molecule has 0 saturated heterocycles. The highest BCUT2D eigenvalue weighted by Crippen LogP contribution is 2.07. The molecule has 0 amide bonds. The highest BCUT2D eigenvalue weighted by atomic mass is 16.3. The molecule has 4 N–H and O–H groups in total. The van der Waals surface area contributed by atoms with Crippen molar-refractivity contribution in [1.29, 1.82) is 0 Å². The molecule has 0 aliphatic rings. The van der Waals surface area contributed by atoms with Gasteiger partial charge in [0.05, 0.1) is 12.7 Å². The Hall–Kier alpha value is -1.40. The monoisotopic (exact) mass is 199 g/mol. The Morgan fingerprint density at radius 3 is 2.93 bits per heavy atom. The average molecular weight is 199 g/mol. The molecule has 1 heterocycles. The van der Waals surface area contributed by atoms with Gasteiger partial charge in [-0.3, -0.25) is 0 Å². The van der Waals surface area contributed by atoms with Crippen molar-refractivity contribution in [3.05, 3.63) is 22.2 Å². The van der Waals surface area contributed by atoms with Crippen LogP contribution >= 0.6 is 0 Å². The minimum Gasteiger partial charge on any atom is -0.394 e. The first-order chi connectivity index (χ1) is 6.54. The number of nitrogen functional groups attached to an aromatic ring is 1. The molecular weight excluding hydrogens is 186 g/mol. The van der Waals surface area contributed by atoms with Gasteiger partial charge in [0.2, 0.25) is 0 Å². The number of aliphatic hydroxyl groups is 2. The summed E-state index contributed by atoms with van der Waals surface area (Å²) < 4.78 is 1.27. The largest absolute Gasteiger partial charge is 0.394 e. The van der Waals surface area contributed by atoms with E-state index in [0.29, 0.717) is 5.56 Å². The van der Waals surface area contributed by atoms with E-state index in [1.165, 1.54) is 10.8 Å². The fourth-order valence-corrected chi connectivity index (χ4v) is 1.08. The Bertz CT molecular complexity index is 375. The summed E-state index contributed by atoms with van der Waals surface area (Å²) in [5.74, 6) is 0.0978. The Morgan fingerprint density at radius 1 is 1.71 bits per heavy atom. The van der Waals surface area contributed by atoms with Gasteiger partial charge in [-0.25, -0.2) is 4.79 Å². The zero-order valence-electron chi connectivity index (χ0n) is 7.84. The number of aliphatic hydroxyl groups excluding tert-OH is 2. The van der Waals surface area contributed by atoms with Gasteiger partial charge in [-0.05, 0) is 0 Å². The van der Waals surface area contributed by atoms with E-state index in [2.05, 4.69) is 4.98 Å². The van der Waals surface area contributed by atoms with Crippen molar-refractivity contribution in [3.63, 3.8) is 0 Å². The van der Waals surface area contributed by atoms with Gasteiger partial charge in [0, 0.05) is 25.2 Å². The predicted octanol–water partition coefficient (Wildman–Crippen LogP) is -1.74. The zero-order valence-corrected chi connectivity index (χ0v) is 7.84. The van der Waals surface area contributed by atoms with E-state index in [1.807, 2.05) is 0 Å². The molecule has 1 aromatic rings. The summed E-state index contributed by atoms with van der Waals surface area (Å²) in [4.78, 5) is 14.6. The number of nitrogens with zero attached hydrogens (tertiary/aromatic N) is 2. The third-order valence-electron chi connectivity index (χ3n) is 1.86. The topological polar surface area (TPSA) is 101 Å². The number of nitrogens with two attached hydrogens (primary N) is 1. The lowest BCUT2D eigenvalue weighted by Gasteiger charge is -2.09. The highest BCUT2D eigenvalue weighted by Gasteiger charge is 2.09. The van der Waals surface area contributed by atoms with Crippen LogP contribution in [-0.2, 0) is 13.5 Å². The van der Waals surface area contributed by atoms with Gasteiger partial charge in [0.1, 0.15) is 5.82 Å². The molecule has 1 atom stereocenters. The van der Waals surface area contributed by atoms with Crippen LogP contribution in [-0.4, -0.2) is 32.5 Å².